The molecule has 1 heterocycles. The van der Waals surface area contributed by atoms with Crippen molar-refractivity contribution in [2.75, 3.05) is 6.54 Å². The summed E-state index contributed by atoms with van der Waals surface area (Å²) in [6, 6.07) is 6.34. The van der Waals surface area contributed by atoms with Crippen LogP contribution in [0.15, 0.2) is 18.2 Å². The molecule has 2 rings (SSSR count). The number of fused-ring (bicyclic) bond motifs is 1. The van der Waals surface area contributed by atoms with Crippen LogP contribution in [0.25, 0.3) is 0 Å². The summed E-state index contributed by atoms with van der Waals surface area (Å²) >= 11 is 6.16. The first-order valence-corrected chi connectivity index (χ1v) is 8.23. The van der Waals surface area contributed by atoms with Gasteiger partial charge in [-0.05, 0) is 44.0 Å². The second-order valence-corrected chi connectivity index (χ2v) is 6.18. The predicted molar refractivity (Wildman–Crippen MR) is 85.7 cm³/mol. The number of rotatable bonds is 6. The van der Waals surface area contributed by atoms with Crippen molar-refractivity contribution in [1.29, 1.82) is 0 Å². The molecule has 112 valence electrons. The summed E-state index contributed by atoms with van der Waals surface area (Å²) in [5.41, 5.74) is 1.18. The Labute approximate surface area is 127 Å². The molecule has 2 nitrogen and oxygen atoms in total. The van der Waals surface area contributed by atoms with Crippen LogP contribution in [0.1, 0.15) is 64.5 Å². The molecule has 20 heavy (non-hydrogen) atoms. The molecule has 1 unspecified atom stereocenters. The van der Waals surface area contributed by atoms with Crippen molar-refractivity contribution < 1.29 is 4.74 Å². The quantitative estimate of drug-likeness (QED) is 0.736. The van der Waals surface area contributed by atoms with Crippen molar-refractivity contribution in [3.63, 3.8) is 0 Å². The zero-order valence-corrected chi connectivity index (χ0v) is 13.6. The molecule has 1 N–H and O–H groups in total. The molecule has 1 aliphatic rings. The molecule has 0 fully saturated rings. The Bertz CT molecular complexity index is 443. The van der Waals surface area contributed by atoms with Crippen molar-refractivity contribution >= 4 is 11.6 Å². The number of nitrogens with one attached hydrogen (secondary N) is 1. The zero-order chi connectivity index (χ0) is 14.6. The molecule has 0 saturated carbocycles. The van der Waals surface area contributed by atoms with Gasteiger partial charge in [0.1, 0.15) is 11.4 Å². The third-order valence-corrected chi connectivity index (χ3v) is 4.69. The van der Waals surface area contributed by atoms with Crippen LogP contribution in [0.2, 0.25) is 5.02 Å². The van der Waals surface area contributed by atoms with Gasteiger partial charge in [-0.15, -0.1) is 0 Å². The van der Waals surface area contributed by atoms with E-state index in [0.717, 1.165) is 36.6 Å². The van der Waals surface area contributed by atoms with Crippen LogP contribution in [-0.4, -0.2) is 12.1 Å². The van der Waals surface area contributed by atoms with Crippen LogP contribution in [0, 0.1) is 0 Å². The first-order valence-electron chi connectivity index (χ1n) is 7.86. The zero-order valence-electron chi connectivity index (χ0n) is 12.8. The lowest BCUT2D eigenvalue weighted by atomic mass is 9.83. The Kier molecular flexibility index (Phi) is 5.34. The monoisotopic (exact) mass is 295 g/mol. The van der Waals surface area contributed by atoms with E-state index in [-0.39, 0.29) is 5.60 Å². The molecule has 0 saturated heterocycles. The van der Waals surface area contributed by atoms with Crippen LogP contribution < -0.4 is 10.1 Å². The van der Waals surface area contributed by atoms with Gasteiger partial charge in [0.15, 0.2) is 0 Å². The highest BCUT2D eigenvalue weighted by molar-refractivity contribution is 6.30. The first-order chi connectivity index (χ1) is 9.64. The Morgan fingerprint density at radius 2 is 2.05 bits per heavy atom. The maximum Gasteiger partial charge on any atom is 0.125 e. The highest BCUT2D eigenvalue weighted by Gasteiger charge is 2.38. The summed E-state index contributed by atoms with van der Waals surface area (Å²) in [6.45, 7) is 7.70. The number of ether oxygens (including phenoxy) is 1. The SMILES string of the molecule is CCCCNC1CC(CC)(CC)Oc2ccc(Cl)cc21. The maximum atomic E-state index is 6.31. The van der Waals surface area contributed by atoms with E-state index < -0.39 is 0 Å². The largest absolute Gasteiger partial charge is 0.487 e. The van der Waals surface area contributed by atoms with Gasteiger partial charge in [0, 0.05) is 23.0 Å². The number of unbranched alkanes of at least 4 members (excludes halogenated alkanes) is 1. The van der Waals surface area contributed by atoms with E-state index in [0.29, 0.717) is 6.04 Å². The van der Waals surface area contributed by atoms with Crippen LogP contribution in [-0.2, 0) is 0 Å². The van der Waals surface area contributed by atoms with E-state index in [2.05, 4.69) is 32.2 Å². The molecule has 1 aromatic rings. The first kappa shape index (κ1) is 15.7. The van der Waals surface area contributed by atoms with Gasteiger partial charge in [0.2, 0.25) is 0 Å². The average molecular weight is 296 g/mol. The van der Waals surface area contributed by atoms with Crippen molar-refractivity contribution in [2.24, 2.45) is 0 Å². The molecule has 0 aromatic heterocycles. The number of halogens is 1. The summed E-state index contributed by atoms with van der Waals surface area (Å²) in [5, 5.41) is 4.48. The highest BCUT2D eigenvalue weighted by atomic mass is 35.5. The lowest BCUT2D eigenvalue weighted by Gasteiger charge is -2.42. The normalized spacial score (nSPS) is 20.3. The predicted octanol–water partition coefficient (Wildman–Crippen LogP) is 5.11. The lowest BCUT2D eigenvalue weighted by Crippen LogP contribution is -2.43. The van der Waals surface area contributed by atoms with Crippen LogP contribution in [0.4, 0.5) is 0 Å². The van der Waals surface area contributed by atoms with Crippen LogP contribution >= 0.6 is 11.6 Å². The fraction of sp³-hybridized carbons (Fsp3) is 0.647. The molecule has 1 aliphatic heterocycles. The Morgan fingerprint density at radius 1 is 1.30 bits per heavy atom. The Balaban J connectivity index is 2.26. The topological polar surface area (TPSA) is 21.3 Å². The number of benzene rings is 1. The van der Waals surface area contributed by atoms with Crippen molar-refractivity contribution in [3.05, 3.63) is 28.8 Å². The van der Waals surface area contributed by atoms with Gasteiger partial charge in [0.25, 0.3) is 0 Å². The molecule has 0 aliphatic carbocycles. The second-order valence-electron chi connectivity index (χ2n) is 5.74. The number of hydrogen-bond donors (Lipinski definition) is 1. The minimum absolute atomic E-state index is 0.0370. The van der Waals surface area contributed by atoms with E-state index in [1.54, 1.807) is 0 Å². The number of hydrogen-bond acceptors (Lipinski definition) is 2. The van der Waals surface area contributed by atoms with E-state index in [4.69, 9.17) is 16.3 Å². The third kappa shape index (κ3) is 3.29. The van der Waals surface area contributed by atoms with Gasteiger partial charge >= 0.3 is 0 Å². The fourth-order valence-corrected chi connectivity index (χ4v) is 3.14. The minimum Gasteiger partial charge on any atom is -0.487 e. The standard InChI is InChI=1S/C17H26ClNO/c1-4-7-10-19-15-12-17(5-2,6-3)20-16-9-8-13(18)11-14(15)16/h8-9,11,15,19H,4-7,10,12H2,1-3H3. The summed E-state index contributed by atoms with van der Waals surface area (Å²) in [5.74, 6) is 0.998. The summed E-state index contributed by atoms with van der Waals surface area (Å²) < 4.78 is 6.31. The highest BCUT2D eigenvalue weighted by Crippen LogP contribution is 2.43. The van der Waals surface area contributed by atoms with Crippen molar-refractivity contribution in [2.45, 2.75) is 64.5 Å². The van der Waals surface area contributed by atoms with E-state index in [9.17, 15) is 0 Å². The van der Waals surface area contributed by atoms with Gasteiger partial charge in [-0.3, -0.25) is 0 Å². The van der Waals surface area contributed by atoms with E-state index in [1.807, 2.05) is 12.1 Å². The minimum atomic E-state index is -0.0370. The molecule has 0 spiro atoms. The lowest BCUT2D eigenvalue weighted by molar-refractivity contribution is 0.0228. The van der Waals surface area contributed by atoms with Gasteiger partial charge < -0.3 is 10.1 Å². The molecule has 1 aromatic carbocycles. The van der Waals surface area contributed by atoms with E-state index >= 15 is 0 Å². The molecule has 0 amide bonds. The summed E-state index contributed by atoms with van der Waals surface area (Å²) in [6.07, 6.45) is 5.52. The molecule has 0 radical (unpaired) electrons. The van der Waals surface area contributed by atoms with Crippen molar-refractivity contribution in [3.8, 4) is 5.75 Å². The maximum absolute atomic E-state index is 6.31. The molecule has 3 heteroatoms. The molecule has 1 atom stereocenters. The van der Waals surface area contributed by atoms with E-state index in [1.165, 1.54) is 18.4 Å². The van der Waals surface area contributed by atoms with Crippen molar-refractivity contribution in [1.82, 2.24) is 5.32 Å². The van der Waals surface area contributed by atoms with Crippen LogP contribution in [0.3, 0.4) is 0 Å². The average Bonchev–Trinajstić information content (AvgIpc) is 2.47. The second kappa shape index (κ2) is 6.82. The van der Waals surface area contributed by atoms with Gasteiger partial charge in [-0.2, -0.15) is 0 Å². The molecule has 0 bridgehead atoms. The fourth-order valence-electron chi connectivity index (χ4n) is 2.96. The molecular weight excluding hydrogens is 270 g/mol. The Hall–Kier alpha value is -0.730. The smallest absolute Gasteiger partial charge is 0.125 e. The van der Waals surface area contributed by atoms with Crippen LogP contribution in [0.5, 0.6) is 5.75 Å². The van der Waals surface area contributed by atoms with Gasteiger partial charge in [0.05, 0.1) is 0 Å². The molecular formula is C17H26ClNO. The van der Waals surface area contributed by atoms with Gasteiger partial charge in [-0.1, -0.05) is 38.8 Å². The summed E-state index contributed by atoms with van der Waals surface area (Å²) in [7, 11) is 0. The van der Waals surface area contributed by atoms with Gasteiger partial charge in [-0.25, -0.2) is 0 Å². The third-order valence-electron chi connectivity index (χ3n) is 4.46. The Morgan fingerprint density at radius 3 is 2.70 bits per heavy atom. The summed E-state index contributed by atoms with van der Waals surface area (Å²) in [4.78, 5) is 0.